The van der Waals surface area contributed by atoms with Gasteiger partial charge in [-0.1, -0.05) is 30.0 Å². The van der Waals surface area contributed by atoms with Crippen molar-refractivity contribution in [3.63, 3.8) is 0 Å². The Kier molecular flexibility index (Phi) is 3.67. The summed E-state index contributed by atoms with van der Waals surface area (Å²) in [6.07, 6.45) is 0. The Morgan fingerprint density at radius 3 is 2.28 bits per heavy atom. The number of benzene rings is 2. The molecule has 3 nitrogen and oxygen atoms in total. The lowest BCUT2D eigenvalue weighted by Crippen LogP contribution is -1.90. The Labute approximate surface area is 110 Å². The van der Waals surface area contributed by atoms with Gasteiger partial charge in [0.05, 0.1) is 9.82 Å². The number of nitro groups is 1. The first kappa shape index (κ1) is 12.6. The van der Waals surface area contributed by atoms with E-state index >= 15 is 0 Å². The molecule has 4 heteroatoms. The first-order valence-electron chi connectivity index (χ1n) is 5.56. The maximum absolute atomic E-state index is 10.9. The van der Waals surface area contributed by atoms with Gasteiger partial charge in [0.2, 0.25) is 0 Å². The maximum atomic E-state index is 10.9. The van der Waals surface area contributed by atoms with Crippen LogP contribution in [0.1, 0.15) is 11.1 Å². The molecule has 0 N–H and O–H groups in total. The van der Waals surface area contributed by atoms with E-state index in [9.17, 15) is 10.1 Å². The fraction of sp³-hybridized carbons (Fsp3) is 0.143. The first-order chi connectivity index (χ1) is 8.56. The van der Waals surface area contributed by atoms with Crippen LogP contribution < -0.4 is 0 Å². The SMILES string of the molecule is Cc1cc(C)cc(Sc2ccccc2[N+](=O)[O-])c1. The van der Waals surface area contributed by atoms with Gasteiger partial charge in [0.25, 0.3) is 5.69 Å². The quantitative estimate of drug-likeness (QED) is 0.607. The summed E-state index contributed by atoms with van der Waals surface area (Å²) in [6.45, 7) is 4.05. The van der Waals surface area contributed by atoms with Crippen molar-refractivity contribution in [1.29, 1.82) is 0 Å². The van der Waals surface area contributed by atoms with Gasteiger partial charge in [-0.05, 0) is 43.2 Å². The van der Waals surface area contributed by atoms with Crippen LogP contribution >= 0.6 is 11.8 Å². The summed E-state index contributed by atoms with van der Waals surface area (Å²) in [6, 6.07) is 13.0. The van der Waals surface area contributed by atoms with Crippen LogP contribution in [-0.4, -0.2) is 4.92 Å². The van der Waals surface area contributed by atoms with Crippen molar-refractivity contribution in [2.24, 2.45) is 0 Å². The summed E-state index contributed by atoms with van der Waals surface area (Å²) < 4.78 is 0. The van der Waals surface area contributed by atoms with Gasteiger partial charge in [0.1, 0.15) is 0 Å². The van der Waals surface area contributed by atoms with Gasteiger partial charge in [0.15, 0.2) is 0 Å². The Balaban J connectivity index is 2.37. The third-order valence-corrected chi connectivity index (χ3v) is 3.52. The predicted octanol–water partition coefficient (Wildman–Crippen LogP) is 4.36. The number of nitrogens with zero attached hydrogens (tertiary/aromatic N) is 1. The largest absolute Gasteiger partial charge is 0.283 e. The topological polar surface area (TPSA) is 43.1 Å². The molecule has 0 fully saturated rings. The number of rotatable bonds is 3. The Morgan fingerprint density at radius 2 is 1.67 bits per heavy atom. The molecule has 0 unspecified atom stereocenters. The molecule has 92 valence electrons. The smallest absolute Gasteiger partial charge is 0.258 e. The highest BCUT2D eigenvalue weighted by Gasteiger charge is 2.13. The molecule has 0 aromatic heterocycles. The molecule has 0 aliphatic rings. The molecule has 0 amide bonds. The first-order valence-corrected chi connectivity index (χ1v) is 6.37. The summed E-state index contributed by atoms with van der Waals surface area (Å²) in [5.74, 6) is 0. The predicted molar refractivity (Wildman–Crippen MR) is 73.1 cm³/mol. The number of aryl methyl sites for hydroxylation is 2. The lowest BCUT2D eigenvalue weighted by atomic mass is 10.2. The summed E-state index contributed by atoms with van der Waals surface area (Å²) in [5.41, 5.74) is 2.48. The maximum Gasteiger partial charge on any atom is 0.283 e. The Bertz CT molecular complexity index is 576. The minimum absolute atomic E-state index is 0.154. The van der Waals surface area contributed by atoms with E-state index in [2.05, 4.69) is 6.07 Å². The van der Waals surface area contributed by atoms with Crippen molar-refractivity contribution in [3.05, 3.63) is 63.7 Å². The van der Waals surface area contributed by atoms with Crippen molar-refractivity contribution < 1.29 is 4.92 Å². The van der Waals surface area contributed by atoms with Crippen LogP contribution in [0.15, 0.2) is 52.3 Å². The van der Waals surface area contributed by atoms with E-state index < -0.39 is 0 Å². The second-order valence-electron chi connectivity index (χ2n) is 4.15. The van der Waals surface area contributed by atoms with Crippen molar-refractivity contribution in [2.45, 2.75) is 23.6 Å². The lowest BCUT2D eigenvalue weighted by Gasteiger charge is -2.05. The molecule has 2 aromatic rings. The van der Waals surface area contributed by atoms with Gasteiger partial charge in [-0.15, -0.1) is 0 Å². The van der Waals surface area contributed by atoms with Crippen molar-refractivity contribution in [1.82, 2.24) is 0 Å². The number of hydrogen-bond donors (Lipinski definition) is 0. The molecular formula is C14H13NO2S. The highest BCUT2D eigenvalue weighted by atomic mass is 32.2. The van der Waals surface area contributed by atoms with Crippen LogP contribution in [-0.2, 0) is 0 Å². The van der Waals surface area contributed by atoms with Gasteiger partial charge in [-0.2, -0.15) is 0 Å². The molecule has 0 radical (unpaired) electrons. The molecule has 2 aromatic carbocycles. The fourth-order valence-corrected chi connectivity index (χ4v) is 2.95. The van der Waals surface area contributed by atoms with Gasteiger partial charge < -0.3 is 0 Å². The van der Waals surface area contributed by atoms with Gasteiger partial charge in [-0.25, -0.2) is 0 Å². The Hall–Kier alpha value is -1.81. The van der Waals surface area contributed by atoms with Crippen molar-refractivity contribution in [3.8, 4) is 0 Å². The standard InChI is InChI=1S/C14H13NO2S/c1-10-7-11(2)9-12(8-10)18-14-6-4-3-5-13(14)15(16)17/h3-9H,1-2H3. The minimum atomic E-state index is -0.342. The van der Waals surface area contributed by atoms with E-state index in [1.165, 1.54) is 17.8 Å². The highest BCUT2D eigenvalue weighted by molar-refractivity contribution is 7.99. The molecule has 0 heterocycles. The van der Waals surface area contributed by atoms with E-state index in [0.29, 0.717) is 4.90 Å². The normalized spacial score (nSPS) is 10.3. The van der Waals surface area contributed by atoms with Gasteiger partial charge in [-0.3, -0.25) is 10.1 Å². The molecule has 0 saturated heterocycles. The van der Waals surface area contributed by atoms with Crippen LogP contribution in [0, 0.1) is 24.0 Å². The average molecular weight is 259 g/mol. The van der Waals surface area contributed by atoms with E-state index in [0.717, 1.165) is 16.0 Å². The Morgan fingerprint density at radius 1 is 1.06 bits per heavy atom. The number of para-hydroxylation sites is 1. The summed E-state index contributed by atoms with van der Waals surface area (Å²) in [7, 11) is 0. The molecule has 0 aliphatic carbocycles. The van der Waals surface area contributed by atoms with Crippen LogP contribution in [0.5, 0.6) is 0 Å². The molecule has 2 rings (SSSR count). The van der Waals surface area contributed by atoms with E-state index in [-0.39, 0.29) is 10.6 Å². The summed E-state index contributed by atoms with van der Waals surface area (Å²) >= 11 is 1.43. The summed E-state index contributed by atoms with van der Waals surface area (Å²) in [4.78, 5) is 12.3. The molecule has 0 saturated carbocycles. The molecule has 0 atom stereocenters. The molecule has 0 bridgehead atoms. The van der Waals surface area contributed by atoms with Gasteiger partial charge in [0, 0.05) is 11.0 Å². The van der Waals surface area contributed by atoms with Crippen molar-refractivity contribution in [2.75, 3.05) is 0 Å². The van der Waals surface area contributed by atoms with E-state index in [1.807, 2.05) is 32.0 Å². The zero-order valence-electron chi connectivity index (χ0n) is 10.2. The number of hydrogen-bond acceptors (Lipinski definition) is 3. The zero-order valence-corrected chi connectivity index (χ0v) is 11.0. The zero-order chi connectivity index (χ0) is 13.1. The van der Waals surface area contributed by atoms with Gasteiger partial charge >= 0.3 is 0 Å². The second kappa shape index (κ2) is 5.23. The third-order valence-electron chi connectivity index (χ3n) is 2.48. The van der Waals surface area contributed by atoms with E-state index in [4.69, 9.17) is 0 Å². The van der Waals surface area contributed by atoms with E-state index in [1.54, 1.807) is 12.1 Å². The van der Waals surface area contributed by atoms with Crippen LogP contribution in [0.2, 0.25) is 0 Å². The minimum Gasteiger partial charge on any atom is -0.258 e. The average Bonchev–Trinajstić information content (AvgIpc) is 2.27. The van der Waals surface area contributed by atoms with Crippen LogP contribution in [0.3, 0.4) is 0 Å². The lowest BCUT2D eigenvalue weighted by molar-refractivity contribution is -0.387. The second-order valence-corrected chi connectivity index (χ2v) is 5.27. The van der Waals surface area contributed by atoms with Crippen LogP contribution in [0.25, 0.3) is 0 Å². The molecule has 0 aliphatic heterocycles. The monoisotopic (exact) mass is 259 g/mol. The van der Waals surface area contributed by atoms with Crippen molar-refractivity contribution >= 4 is 17.4 Å². The third kappa shape index (κ3) is 2.90. The molecule has 18 heavy (non-hydrogen) atoms. The molecule has 0 spiro atoms. The number of nitro benzene ring substituents is 1. The molecular weight excluding hydrogens is 246 g/mol. The van der Waals surface area contributed by atoms with Crippen LogP contribution in [0.4, 0.5) is 5.69 Å². The highest BCUT2D eigenvalue weighted by Crippen LogP contribution is 2.35. The fourth-order valence-electron chi connectivity index (χ4n) is 1.81. The summed E-state index contributed by atoms with van der Waals surface area (Å²) in [5, 5.41) is 10.9.